The van der Waals surface area contributed by atoms with Gasteiger partial charge >= 0.3 is 0 Å². The smallest absolute Gasteiger partial charge is 0.237 e. The maximum atomic E-state index is 11.8. The highest BCUT2D eigenvalue weighted by Gasteiger charge is 2.26. The van der Waals surface area contributed by atoms with E-state index in [1.807, 2.05) is 39.8 Å². The molecule has 1 unspecified atom stereocenters. The van der Waals surface area contributed by atoms with Crippen LogP contribution in [0.25, 0.3) is 0 Å². The van der Waals surface area contributed by atoms with Crippen LogP contribution in [0.3, 0.4) is 0 Å². The van der Waals surface area contributed by atoms with E-state index >= 15 is 0 Å². The highest BCUT2D eigenvalue weighted by molar-refractivity contribution is 5.82. The Labute approximate surface area is 103 Å². The molecule has 1 rings (SSSR count). The minimum atomic E-state index is -0.499. The van der Waals surface area contributed by atoms with Gasteiger partial charge in [-0.1, -0.05) is 26.8 Å². The Kier molecular flexibility index (Phi) is 4.23. The van der Waals surface area contributed by atoms with E-state index < -0.39 is 6.04 Å². The number of carbonyl (C=O) groups is 1. The number of hydrogen-bond donors (Lipinski definition) is 2. The molecular weight excluding hydrogens is 214 g/mol. The summed E-state index contributed by atoms with van der Waals surface area (Å²) in [7, 11) is 0. The van der Waals surface area contributed by atoms with Gasteiger partial charge in [-0.25, -0.2) is 0 Å². The van der Waals surface area contributed by atoms with Crippen molar-refractivity contribution < 1.29 is 4.79 Å². The van der Waals surface area contributed by atoms with Gasteiger partial charge in [0, 0.05) is 18.4 Å². The first kappa shape index (κ1) is 13.6. The number of aromatic nitrogens is 1. The lowest BCUT2D eigenvalue weighted by atomic mass is 9.87. The maximum absolute atomic E-state index is 11.8. The van der Waals surface area contributed by atoms with Gasteiger partial charge in [0.05, 0.1) is 6.04 Å². The largest absolute Gasteiger partial charge is 0.351 e. The highest BCUT2D eigenvalue weighted by Crippen LogP contribution is 2.17. The quantitative estimate of drug-likeness (QED) is 0.831. The first-order valence-corrected chi connectivity index (χ1v) is 5.75. The van der Waals surface area contributed by atoms with Gasteiger partial charge in [0.25, 0.3) is 0 Å². The SMILES string of the molecule is Cc1ccc(CNC(=O)C(N)C(C)(C)C)cn1. The lowest BCUT2D eigenvalue weighted by Gasteiger charge is -2.25. The monoisotopic (exact) mass is 235 g/mol. The van der Waals surface area contributed by atoms with Gasteiger partial charge in [-0.15, -0.1) is 0 Å². The summed E-state index contributed by atoms with van der Waals surface area (Å²) in [4.78, 5) is 15.9. The molecule has 1 aromatic rings. The molecule has 0 saturated carbocycles. The van der Waals surface area contributed by atoms with E-state index in [0.29, 0.717) is 6.54 Å². The molecule has 0 aliphatic carbocycles. The van der Waals surface area contributed by atoms with E-state index in [1.165, 1.54) is 0 Å². The van der Waals surface area contributed by atoms with Crippen LogP contribution in [0.5, 0.6) is 0 Å². The third-order valence-electron chi connectivity index (χ3n) is 2.65. The second-order valence-electron chi connectivity index (χ2n) is 5.37. The first-order valence-electron chi connectivity index (χ1n) is 5.75. The lowest BCUT2D eigenvalue weighted by Crippen LogP contribution is -2.48. The molecule has 17 heavy (non-hydrogen) atoms. The minimum Gasteiger partial charge on any atom is -0.351 e. The fraction of sp³-hybridized carbons (Fsp3) is 0.538. The number of nitrogens with two attached hydrogens (primary N) is 1. The maximum Gasteiger partial charge on any atom is 0.237 e. The van der Waals surface area contributed by atoms with Gasteiger partial charge in [0.2, 0.25) is 5.91 Å². The molecule has 4 heteroatoms. The molecule has 0 bridgehead atoms. The molecule has 0 aliphatic rings. The average molecular weight is 235 g/mol. The number of amides is 1. The predicted molar refractivity (Wildman–Crippen MR) is 68.3 cm³/mol. The van der Waals surface area contributed by atoms with Crippen LogP contribution in [-0.4, -0.2) is 16.9 Å². The Morgan fingerprint density at radius 3 is 2.59 bits per heavy atom. The lowest BCUT2D eigenvalue weighted by molar-refractivity contribution is -0.124. The number of rotatable bonds is 3. The molecule has 0 radical (unpaired) electrons. The third kappa shape index (κ3) is 4.15. The van der Waals surface area contributed by atoms with Crippen molar-refractivity contribution in [1.82, 2.24) is 10.3 Å². The molecule has 94 valence electrons. The number of nitrogens with zero attached hydrogens (tertiary/aromatic N) is 1. The van der Waals surface area contributed by atoms with E-state index in [0.717, 1.165) is 11.3 Å². The highest BCUT2D eigenvalue weighted by atomic mass is 16.2. The number of hydrogen-bond acceptors (Lipinski definition) is 3. The number of carbonyl (C=O) groups excluding carboxylic acids is 1. The molecule has 0 saturated heterocycles. The fourth-order valence-electron chi connectivity index (χ4n) is 1.30. The zero-order valence-corrected chi connectivity index (χ0v) is 10.9. The Bertz CT molecular complexity index is 379. The van der Waals surface area contributed by atoms with Gasteiger partial charge in [-0.2, -0.15) is 0 Å². The van der Waals surface area contributed by atoms with Crippen molar-refractivity contribution in [2.24, 2.45) is 11.1 Å². The normalized spacial score (nSPS) is 13.2. The molecule has 1 amide bonds. The van der Waals surface area contributed by atoms with Crippen LogP contribution in [0, 0.1) is 12.3 Å². The van der Waals surface area contributed by atoms with Gasteiger partial charge in [0.1, 0.15) is 0 Å². The summed E-state index contributed by atoms with van der Waals surface area (Å²) < 4.78 is 0. The Morgan fingerprint density at radius 1 is 1.47 bits per heavy atom. The summed E-state index contributed by atoms with van der Waals surface area (Å²) in [5.41, 5.74) is 7.57. The van der Waals surface area contributed by atoms with E-state index in [2.05, 4.69) is 10.3 Å². The van der Waals surface area contributed by atoms with Gasteiger partial charge in [-0.3, -0.25) is 9.78 Å². The van der Waals surface area contributed by atoms with Crippen LogP contribution in [0.2, 0.25) is 0 Å². The number of aryl methyl sites for hydroxylation is 1. The standard InChI is InChI=1S/C13H21N3O/c1-9-5-6-10(7-15-9)8-16-12(17)11(14)13(2,3)4/h5-7,11H,8,14H2,1-4H3,(H,16,17). The molecule has 0 aromatic carbocycles. The van der Waals surface area contributed by atoms with Crippen LogP contribution < -0.4 is 11.1 Å². The van der Waals surface area contributed by atoms with E-state index in [-0.39, 0.29) is 11.3 Å². The van der Waals surface area contributed by atoms with E-state index in [4.69, 9.17) is 5.73 Å². The summed E-state index contributed by atoms with van der Waals surface area (Å²) in [6.45, 7) is 8.24. The third-order valence-corrected chi connectivity index (χ3v) is 2.65. The first-order chi connectivity index (χ1) is 7.80. The second kappa shape index (κ2) is 5.27. The summed E-state index contributed by atoms with van der Waals surface area (Å²) in [5, 5.41) is 2.82. The van der Waals surface area contributed by atoms with E-state index in [9.17, 15) is 4.79 Å². The molecule has 1 aromatic heterocycles. The molecular formula is C13H21N3O. The summed E-state index contributed by atoms with van der Waals surface area (Å²) >= 11 is 0. The molecule has 1 heterocycles. The second-order valence-corrected chi connectivity index (χ2v) is 5.37. The number of pyridine rings is 1. The Morgan fingerprint density at radius 2 is 2.12 bits per heavy atom. The van der Waals surface area contributed by atoms with Gasteiger partial charge in [0.15, 0.2) is 0 Å². The predicted octanol–water partition coefficient (Wildman–Crippen LogP) is 1.38. The molecule has 1 atom stereocenters. The summed E-state index contributed by atoms with van der Waals surface area (Å²) in [5.74, 6) is -0.127. The summed E-state index contributed by atoms with van der Waals surface area (Å²) in [6.07, 6.45) is 1.76. The van der Waals surface area contributed by atoms with Crippen molar-refractivity contribution in [3.63, 3.8) is 0 Å². The molecule has 4 nitrogen and oxygen atoms in total. The average Bonchev–Trinajstić information content (AvgIpc) is 2.25. The topological polar surface area (TPSA) is 68.0 Å². The van der Waals surface area contributed by atoms with Crippen LogP contribution in [0.1, 0.15) is 32.0 Å². The molecule has 0 aliphatic heterocycles. The van der Waals surface area contributed by atoms with Crippen LogP contribution in [-0.2, 0) is 11.3 Å². The van der Waals surface area contributed by atoms with Crippen molar-refractivity contribution in [2.45, 2.75) is 40.3 Å². The van der Waals surface area contributed by atoms with Crippen molar-refractivity contribution in [3.05, 3.63) is 29.6 Å². The zero-order chi connectivity index (χ0) is 13.1. The van der Waals surface area contributed by atoms with Crippen LogP contribution in [0.4, 0.5) is 0 Å². The molecule has 0 spiro atoms. The van der Waals surface area contributed by atoms with Gasteiger partial charge < -0.3 is 11.1 Å². The van der Waals surface area contributed by atoms with Crippen molar-refractivity contribution in [2.75, 3.05) is 0 Å². The van der Waals surface area contributed by atoms with Crippen molar-refractivity contribution in [1.29, 1.82) is 0 Å². The number of nitrogens with one attached hydrogen (secondary N) is 1. The van der Waals surface area contributed by atoms with Gasteiger partial charge in [-0.05, 0) is 24.0 Å². The van der Waals surface area contributed by atoms with Crippen LogP contribution >= 0.6 is 0 Å². The Balaban J connectivity index is 2.51. The summed E-state index contributed by atoms with van der Waals surface area (Å²) in [6, 6.07) is 3.37. The molecule has 0 fully saturated rings. The minimum absolute atomic E-state index is 0.127. The Hall–Kier alpha value is -1.42. The van der Waals surface area contributed by atoms with E-state index in [1.54, 1.807) is 6.20 Å². The zero-order valence-electron chi connectivity index (χ0n) is 10.9. The van der Waals surface area contributed by atoms with Crippen molar-refractivity contribution >= 4 is 5.91 Å². The van der Waals surface area contributed by atoms with Crippen molar-refractivity contribution in [3.8, 4) is 0 Å². The molecule has 3 N–H and O–H groups in total. The van der Waals surface area contributed by atoms with Crippen LogP contribution in [0.15, 0.2) is 18.3 Å². The fourth-order valence-corrected chi connectivity index (χ4v) is 1.30.